The minimum absolute atomic E-state index is 0.0906. The number of aromatic nitrogens is 4. The summed E-state index contributed by atoms with van der Waals surface area (Å²) in [5.41, 5.74) is 4.41. The van der Waals surface area contributed by atoms with E-state index < -0.39 is 0 Å². The highest BCUT2D eigenvalue weighted by Crippen LogP contribution is 2.25. The van der Waals surface area contributed by atoms with Gasteiger partial charge in [0.05, 0.1) is 36.7 Å². The van der Waals surface area contributed by atoms with E-state index in [2.05, 4.69) is 32.5 Å². The number of hydrogen-bond donors (Lipinski definition) is 2. The van der Waals surface area contributed by atoms with Crippen molar-refractivity contribution in [2.24, 2.45) is 0 Å². The van der Waals surface area contributed by atoms with Crippen molar-refractivity contribution in [2.45, 2.75) is 6.54 Å². The van der Waals surface area contributed by atoms with E-state index in [1.807, 2.05) is 29.3 Å². The van der Waals surface area contributed by atoms with Gasteiger partial charge in [-0.3, -0.25) is 4.68 Å². The molecule has 2 N–H and O–H groups in total. The van der Waals surface area contributed by atoms with Crippen LogP contribution < -0.4 is 10.2 Å². The van der Waals surface area contributed by atoms with E-state index in [4.69, 9.17) is 5.11 Å². The third-order valence-electron chi connectivity index (χ3n) is 4.25. The zero-order chi connectivity index (χ0) is 15.6. The number of anilines is 1. The zero-order valence-electron chi connectivity index (χ0n) is 12.9. The number of nitrogens with zero attached hydrogens (tertiary/aromatic N) is 5. The van der Waals surface area contributed by atoms with Crippen LogP contribution >= 0.6 is 0 Å². The molecule has 0 aromatic carbocycles. The molecule has 0 bridgehead atoms. The molecular weight excluding hydrogens is 292 g/mol. The fourth-order valence-electron chi connectivity index (χ4n) is 3.03. The van der Waals surface area contributed by atoms with Crippen molar-refractivity contribution in [2.75, 3.05) is 37.7 Å². The van der Waals surface area contributed by atoms with Gasteiger partial charge in [0.2, 0.25) is 0 Å². The van der Waals surface area contributed by atoms with Gasteiger partial charge in [-0.15, -0.1) is 0 Å². The molecule has 0 spiro atoms. The molecule has 0 aliphatic carbocycles. The first-order valence-corrected chi connectivity index (χ1v) is 7.92. The average molecular weight is 312 g/mol. The van der Waals surface area contributed by atoms with Crippen molar-refractivity contribution >= 4 is 11.2 Å². The Bertz CT molecular complexity index is 802. The fourth-order valence-corrected chi connectivity index (χ4v) is 3.03. The lowest BCUT2D eigenvalue weighted by molar-refractivity contribution is 0.269. The van der Waals surface area contributed by atoms with Crippen molar-refractivity contribution in [1.29, 1.82) is 0 Å². The summed E-state index contributed by atoms with van der Waals surface area (Å²) in [6, 6.07) is 4.21. The summed E-state index contributed by atoms with van der Waals surface area (Å²) < 4.78 is 3.67. The molecule has 1 saturated heterocycles. The minimum atomic E-state index is 0.0906. The molecule has 1 aliphatic heterocycles. The lowest BCUT2D eigenvalue weighted by Gasteiger charge is -2.28. The van der Waals surface area contributed by atoms with Crippen LogP contribution in [0, 0.1) is 0 Å². The maximum absolute atomic E-state index is 8.98. The summed E-state index contributed by atoms with van der Waals surface area (Å²) in [6.45, 7) is 4.65. The first-order valence-electron chi connectivity index (χ1n) is 7.92. The second-order valence-corrected chi connectivity index (χ2v) is 5.73. The Hall–Kier alpha value is -2.38. The number of rotatable bonds is 4. The number of aliphatic hydroxyl groups is 1. The summed E-state index contributed by atoms with van der Waals surface area (Å²) in [5.74, 6) is 0. The van der Waals surface area contributed by atoms with Crippen molar-refractivity contribution in [3.63, 3.8) is 0 Å². The van der Waals surface area contributed by atoms with Gasteiger partial charge >= 0.3 is 0 Å². The van der Waals surface area contributed by atoms with Crippen LogP contribution in [-0.2, 0) is 6.54 Å². The quantitative estimate of drug-likeness (QED) is 0.738. The van der Waals surface area contributed by atoms with E-state index in [0.29, 0.717) is 6.54 Å². The zero-order valence-corrected chi connectivity index (χ0v) is 12.9. The van der Waals surface area contributed by atoms with Crippen LogP contribution in [0.4, 0.5) is 5.69 Å². The second-order valence-electron chi connectivity index (χ2n) is 5.73. The summed E-state index contributed by atoms with van der Waals surface area (Å²) >= 11 is 0. The predicted molar refractivity (Wildman–Crippen MR) is 88.6 cm³/mol. The standard InChI is InChI=1S/C16H20N6O/c23-8-7-21-11-14(9-18-21)13-1-2-15-16(10-19-22(15)12-13)20-5-3-17-4-6-20/h1-2,9-12,17,23H,3-8H2. The number of fused-ring (bicyclic) bond motifs is 1. The first-order chi connectivity index (χ1) is 11.3. The van der Waals surface area contributed by atoms with Gasteiger partial charge in [-0.05, 0) is 6.07 Å². The molecule has 0 amide bonds. The van der Waals surface area contributed by atoms with E-state index in [-0.39, 0.29) is 6.61 Å². The number of aliphatic hydroxyl groups excluding tert-OH is 1. The normalized spacial score (nSPS) is 15.4. The van der Waals surface area contributed by atoms with Crippen molar-refractivity contribution in [3.8, 4) is 11.1 Å². The number of pyridine rings is 1. The van der Waals surface area contributed by atoms with Gasteiger partial charge in [-0.25, -0.2) is 4.52 Å². The average Bonchev–Trinajstić information content (AvgIpc) is 3.22. The number of piperazine rings is 1. The summed E-state index contributed by atoms with van der Waals surface area (Å²) in [7, 11) is 0. The molecule has 3 aromatic heterocycles. The third-order valence-corrected chi connectivity index (χ3v) is 4.25. The lowest BCUT2D eigenvalue weighted by Crippen LogP contribution is -2.43. The van der Waals surface area contributed by atoms with Gasteiger partial charge in [0.1, 0.15) is 0 Å². The number of hydrogen-bond acceptors (Lipinski definition) is 5. The third kappa shape index (κ3) is 2.69. The van der Waals surface area contributed by atoms with Crippen LogP contribution in [0.5, 0.6) is 0 Å². The Morgan fingerprint density at radius 1 is 1.04 bits per heavy atom. The summed E-state index contributed by atoms with van der Waals surface area (Å²) in [5, 5.41) is 21.1. The van der Waals surface area contributed by atoms with Crippen LogP contribution in [0.1, 0.15) is 0 Å². The molecule has 7 nitrogen and oxygen atoms in total. The predicted octanol–water partition coefficient (Wildman–Crippen LogP) is 0.600. The van der Waals surface area contributed by atoms with Gasteiger partial charge in [0, 0.05) is 49.7 Å². The van der Waals surface area contributed by atoms with Gasteiger partial charge < -0.3 is 15.3 Å². The highest BCUT2D eigenvalue weighted by Gasteiger charge is 2.15. The molecule has 0 saturated carbocycles. The highest BCUT2D eigenvalue weighted by atomic mass is 16.3. The maximum Gasteiger partial charge on any atom is 0.0896 e. The molecule has 4 rings (SSSR count). The molecular formula is C16H20N6O. The second kappa shape index (κ2) is 6.02. The van der Waals surface area contributed by atoms with E-state index >= 15 is 0 Å². The van der Waals surface area contributed by atoms with E-state index in [9.17, 15) is 0 Å². The molecule has 1 fully saturated rings. The molecule has 0 unspecified atom stereocenters. The monoisotopic (exact) mass is 312 g/mol. The molecule has 23 heavy (non-hydrogen) atoms. The molecule has 1 aliphatic rings. The fraction of sp³-hybridized carbons (Fsp3) is 0.375. The van der Waals surface area contributed by atoms with Crippen LogP contribution in [-0.4, -0.2) is 57.3 Å². The van der Waals surface area contributed by atoms with E-state index in [0.717, 1.165) is 42.8 Å². The van der Waals surface area contributed by atoms with E-state index in [1.54, 1.807) is 4.68 Å². The Kier molecular flexibility index (Phi) is 3.72. The van der Waals surface area contributed by atoms with Crippen LogP contribution in [0.3, 0.4) is 0 Å². The van der Waals surface area contributed by atoms with Crippen LogP contribution in [0.2, 0.25) is 0 Å². The molecule has 0 radical (unpaired) electrons. The lowest BCUT2D eigenvalue weighted by atomic mass is 10.1. The van der Waals surface area contributed by atoms with Gasteiger partial charge in [-0.1, -0.05) is 6.07 Å². The van der Waals surface area contributed by atoms with Gasteiger partial charge in [-0.2, -0.15) is 10.2 Å². The summed E-state index contributed by atoms with van der Waals surface area (Å²) in [6.07, 6.45) is 7.73. The SMILES string of the molecule is OCCn1cc(-c2ccc3c(N4CCNCC4)cnn3c2)cn1. The Balaban J connectivity index is 1.65. The molecule has 3 aromatic rings. The van der Waals surface area contributed by atoms with Gasteiger partial charge in [0.25, 0.3) is 0 Å². The first kappa shape index (κ1) is 14.2. The maximum atomic E-state index is 8.98. The Morgan fingerprint density at radius 3 is 2.74 bits per heavy atom. The molecule has 0 atom stereocenters. The van der Waals surface area contributed by atoms with E-state index in [1.165, 1.54) is 5.69 Å². The minimum Gasteiger partial charge on any atom is -0.394 e. The number of nitrogens with one attached hydrogen (secondary N) is 1. The van der Waals surface area contributed by atoms with Crippen LogP contribution in [0.25, 0.3) is 16.6 Å². The molecule has 4 heterocycles. The highest BCUT2D eigenvalue weighted by molar-refractivity contribution is 5.75. The van der Waals surface area contributed by atoms with Crippen LogP contribution in [0.15, 0.2) is 36.9 Å². The summed E-state index contributed by atoms with van der Waals surface area (Å²) in [4.78, 5) is 2.37. The van der Waals surface area contributed by atoms with Gasteiger partial charge in [0.15, 0.2) is 0 Å². The van der Waals surface area contributed by atoms with Crippen molar-refractivity contribution in [1.82, 2.24) is 24.7 Å². The smallest absolute Gasteiger partial charge is 0.0896 e. The Labute approximate surface area is 134 Å². The topological polar surface area (TPSA) is 70.6 Å². The molecule has 120 valence electrons. The Morgan fingerprint density at radius 2 is 1.91 bits per heavy atom. The van der Waals surface area contributed by atoms with Crippen molar-refractivity contribution < 1.29 is 5.11 Å². The van der Waals surface area contributed by atoms with Crippen molar-refractivity contribution in [3.05, 3.63) is 36.9 Å². The molecule has 7 heteroatoms. The largest absolute Gasteiger partial charge is 0.394 e.